The Labute approximate surface area is 136 Å². The normalized spacial score (nSPS) is 22.0. The minimum atomic E-state index is -0.0576. The van der Waals surface area contributed by atoms with Crippen molar-refractivity contribution in [1.82, 2.24) is 0 Å². The highest BCUT2D eigenvalue weighted by Crippen LogP contribution is 2.32. The van der Waals surface area contributed by atoms with E-state index < -0.39 is 0 Å². The first kappa shape index (κ1) is 18.7. The van der Waals surface area contributed by atoms with Crippen LogP contribution in [0.3, 0.4) is 0 Å². The van der Waals surface area contributed by atoms with Crippen LogP contribution >= 0.6 is 0 Å². The van der Waals surface area contributed by atoms with Gasteiger partial charge in [0, 0.05) is 0 Å². The van der Waals surface area contributed by atoms with Crippen molar-refractivity contribution >= 4 is 5.97 Å². The molecule has 2 heteroatoms. The van der Waals surface area contributed by atoms with Crippen molar-refractivity contribution in [1.29, 1.82) is 0 Å². The molecule has 0 saturated carbocycles. The van der Waals surface area contributed by atoms with Gasteiger partial charge in [-0.2, -0.15) is 0 Å². The fourth-order valence-corrected chi connectivity index (χ4v) is 3.04. The fourth-order valence-electron chi connectivity index (χ4n) is 3.04. The van der Waals surface area contributed by atoms with Gasteiger partial charge >= 0.3 is 5.97 Å². The molecular formula is C20H32O2. The Morgan fingerprint density at radius 1 is 1.27 bits per heavy atom. The summed E-state index contributed by atoms with van der Waals surface area (Å²) in [4.78, 5) is 11.7. The van der Waals surface area contributed by atoms with Crippen LogP contribution in [-0.2, 0) is 9.53 Å². The number of carbonyl (C=O) groups is 1. The number of ether oxygens (including phenoxy) is 1. The third-order valence-corrected chi connectivity index (χ3v) is 4.48. The molecule has 0 fully saturated rings. The minimum Gasteiger partial charge on any atom is -0.469 e. The molecule has 0 aromatic rings. The molecule has 124 valence electrons. The van der Waals surface area contributed by atoms with Crippen LogP contribution in [0.15, 0.2) is 34.9 Å². The van der Waals surface area contributed by atoms with Gasteiger partial charge < -0.3 is 4.74 Å². The van der Waals surface area contributed by atoms with Gasteiger partial charge in [0.1, 0.15) is 0 Å². The van der Waals surface area contributed by atoms with Crippen molar-refractivity contribution in [3.8, 4) is 0 Å². The highest BCUT2D eigenvalue weighted by Gasteiger charge is 2.28. The molecule has 1 aliphatic carbocycles. The van der Waals surface area contributed by atoms with Crippen molar-refractivity contribution < 1.29 is 9.53 Å². The summed E-state index contributed by atoms with van der Waals surface area (Å²) in [6.45, 7) is 8.69. The zero-order chi connectivity index (χ0) is 16.5. The van der Waals surface area contributed by atoms with Crippen molar-refractivity contribution in [3.63, 3.8) is 0 Å². The molecule has 0 unspecified atom stereocenters. The number of hydrogen-bond acceptors (Lipinski definition) is 2. The predicted molar refractivity (Wildman–Crippen MR) is 93.6 cm³/mol. The molecule has 0 amide bonds. The summed E-state index contributed by atoms with van der Waals surface area (Å²) in [5, 5.41) is 0. The van der Waals surface area contributed by atoms with E-state index in [1.54, 1.807) is 0 Å². The van der Waals surface area contributed by atoms with Gasteiger partial charge in [-0.05, 0) is 65.2 Å². The first-order chi connectivity index (χ1) is 10.4. The van der Waals surface area contributed by atoms with Crippen LogP contribution < -0.4 is 0 Å². The van der Waals surface area contributed by atoms with Crippen molar-refractivity contribution in [2.24, 2.45) is 11.8 Å². The lowest BCUT2D eigenvalue weighted by molar-refractivity contribution is -0.147. The number of hydrogen-bond donors (Lipinski definition) is 0. The summed E-state index contributed by atoms with van der Waals surface area (Å²) in [6.07, 6.45) is 13.3. The molecule has 0 saturated heterocycles. The van der Waals surface area contributed by atoms with Gasteiger partial charge in [0.15, 0.2) is 0 Å². The first-order valence-electron chi connectivity index (χ1n) is 8.48. The van der Waals surface area contributed by atoms with Crippen LogP contribution in [0.2, 0.25) is 0 Å². The average Bonchev–Trinajstić information content (AvgIpc) is 2.46. The summed E-state index contributed by atoms with van der Waals surface area (Å²) in [6, 6.07) is 0. The molecule has 0 heterocycles. The second kappa shape index (κ2) is 9.66. The molecule has 0 N–H and O–H groups in total. The van der Waals surface area contributed by atoms with E-state index in [1.807, 2.05) is 0 Å². The molecule has 1 aliphatic rings. The Morgan fingerprint density at radius 2 is 2.00 bits per heavy atom. The molecule has 0 aliphatic heterocycles. The molecule has 0 bridgehead atoms. The van der Waals surface area contributed by atoms with Gasteiger partial charge in [-0.15, -0.1) is 0 Å². The number of esters is 1. The fraction of sp³-hybridized carbons (Fsp3) is 0.650. The van der Waals surface area contributed by atoms with Crippen molar-refractivity contribution in [3.05, 3.63) is 34.9 Å². The van der Waals surface area contributed by atoms with Gasteiger partial charge in [0.2, 0.25) is 0 Å². The van der Waals surface area contributed by atoms with Crippen molar-refractivity contribution in [2.45, 2.75) is 66.2 Å². The molecule has 0 radical (unpaired) electrons. The van der Waals surface area contributed by atoms with Crippen LogP contribution in [0.4, 0.5) is 0 Å². The van der Waals surface area contributed by atoms with E-state index in [0.717, 1.165) is 38.5 Å². The summed E-state index contributed by atoms with van der Waals surface area (Å²) in [5.41, 5.74) is 4.38. The Balaban J connectivity index is 2.38. The molecule has 0 spiro atoms. The number of rotatable bonds is 7. The summed E-state index contributed by atoms with van der Waals surface area (Å²) in [5.74, 6) is 0.392. The van der Waals surface area contributed by atoms with Crippen LogP contribution in [0, 0.1) is 11.8 Å². The molecule has 0 aromatic heterocycles. The number of methoxy groups -OCH3 is 1. The zero-order valence-electron chi connectivity index (χ0n) is 14.9. The molecule has 1 rings (SSSR count). The van der Waals surface area contributed by atoms with Crippen LogP contribution in [0.5, 0.6) is 0 Å². The molecule has 2 nitrogen and oxygen atoms in total. The van der Waals surface area contributed by atoms with E-state index in [1.165, 1.54) is 23.8 Å². The Hall–Kier alpha value is -1.31. The van der Waals surface area contributed by atoms with E-state index in [4.69, 9.17) is 4.74 Å². The lowest BCUT2D eigenvalue weighted by Crippen LogP contribution is -2.25. The second-order valence-corrected chi connectivity index (χ2v) is 6.82. The lowest BCUT2D eigenvalue weighted by atomic mass is 9.79. The van der Waals surface area contributed by atoms with E-state index in [0.29, 0.717) is 5.92 Å². The van der Waals surface area contributed by atoms with Gasteiger partial charge in [0.05, 0.1) is 13.0 Å². The molecule has 0 aromatic carbocycles. The smallest absolute Gasteiger partial charge is 0.309 e. The molecule has 2 atom stereocenters. The Bertz CT molecular complexity index is 450. The predicted octanol–water partition coefficient (Wildman–Crippen LogP) is 5.60. The largest absolute Gasteiger partial charge is 0.469 e. The van der Waals surface area contributed by atoms with Crippen LogP contribution in [0.25, 0.3) is 0 Å². The van der Waals surface area contributed by atoms with Gasteiger partial charge in [-0.3, -0.25) is 4.79 Å². The third-order valence-electron chi connectivity index (χ3n) is 4.48. The second-order valence-electron chi connectivity index (χ2n) is 6.82. The standard InChI is InChI=1S/C20H32O2/c1-15(2)8-6-9-16(3)10-7-11-18-12-13-19(17(4)14-18)20(21)22-5/h8,10,12,17,19H,6-7,9,11,13-14H2,1-5H3/b16-10+/t17-,19+/m0/s1. The molecular weight excluding hydrogens is 272 g/mol. The first-order valence-corrected chi connectivity index (χ1v) is 8.48. The minimum absolute atomic E-state index is 0.0510. The number of carbonyl (C=O) groups excluding carboxylic acids is 1. The summed E-state index contributed by atoms with van der Waals surface area (Å²) >= 11 is 0. The monoisotopic (exact) mass is 304 g/mol. The summed E-state index contributed by atoms with van der Waals surface area (Å²) < 4.78 is 4.88. The Kier molecular flexibility index (Phi) is 8.22. The third kappa shape index (κ3) is 6.64. The maximum Gasteiger partial charge on any atom is 0.309 e. The maximum atomic E-state index is 11.7. The van der Waals surface area contributed by atoms with Gasteiger partial charge in [-0.1, -0.05) is 41.9 Å². The molecule has 22 heavy (non-hydrogen) atoms. The SMILES string of the molecule is COC(=O)[C@@H]1CC=C(CC/C=C(\C)CCC=C(C)C)C[C@@H]1C. The maximum absolute atomic E-state index is 11.7. The van der Waals surface area contributed by atoms with Crippen molar-refractivity contribution in [2.75, 3.05) is 7.11 Å². The quantitative estimate of drug-likeness (QED) is 0.451. The van der Waals surface area contributed by atoms with E-state index in [9.17, 15) is 4.79 Å². The van der Waals surface area contributed by atoms with Gasteiger partial charge in [-0.25, -0.2) is 0 Å². The Morgan fingerprint density at radius 3 is 2.59 bits per heavy atom. The van der Waals surface area contributed by atoms with Crippen LogP contribution in [0.1, 0.15) is 66.2 Å². The summed E-state index contributed by atoms with van der Waals surface area (Å²) in [7, 11) is 1.48. The average molecular weight is 304 g/mol. The highest BCUT2D eigenvalue weighted by molar-refractivity contribution is 5.73. The highest BCUT2D eigenvalue weighted by atomic mass is 16.5. The topological polar surface area (TPSA) is 26.3 Å². The van der Waals surface area contributed by atoms with E-state index >= 15 is 0 Å². The zero-order valence-corrected chi connectivity index (χ0v) is 14.9. The number of allylic oxidation sites excluding steroid dienone is 6. The lowest BCUT2D eigenvalue weighted by Gasteiger charge is -2.26. The van der Waals surface area contributed by atoms with Crippen LogP contribution in [-0.4, -0.2) is 13.1 Å². The van der Waals surface area contributed by atoms with E-state index in [2.05, 4.69) is 45.9 Å². The van der Waals surface area contributed by atoms with Gasteiger partial charge in [0.25, 0.3) is 0 Å². The van der Waals surface area contributed by atoms with E-state index in [-0.39, 0.29) is 11.9 Å².